The van der Waals surface area contributed by atoms with Gasteiger partial charge >= 0.3 is 0 Å². The van der Waals surface area contributed by atoms with E-state index in [9.17, 15) is 5.11 Å². The van der Waals surface area contributed by atoms with E-state index in [1.807, 2.05) is 18.3 Å². The van der Waals surface area contributed by atoms with E-state index in [1.165, 1.54) is 17.2 Å². The van der Waals surface area contributed by atoms with Gasteiger partial charge in [-0.25, -0.2) is 4.98 Å². The number of H-pyrrole nitrogens is 1. The lowest BCUT2D eigenvalue weighted by molar-refractivity contribution is 0.307. The van der Waals surface area contributed by atoms with Crippen LogP contribution in [0.1, 0.15) is 24.7 Å². The molecule has 1 aromatic heterocycles. The fraction of sp³-hybridized carbons (Fsp3) is 0.208. The number of nitrogens with one attached hydrogen (secondary N) is 1. The van der Waals surface area contributed by atoms with E-state index in [4.69, 9.17) is 4.98 Å². The highest BCUT2D eigenvalue weighted by Gasteiger charge is 2.25. The van der Waals surface area contributed by atoms with Gasteiger partial charge in [0.15, 0.2) is 0 Å². The zero-order valence-electron chi connectivity index (χ0n) is 15.9. The van der Waals surface area contributed by atoms with Gasteiger partial charge in [0, 0.05) is 5.56 Å². The Hall–Kier alpha value is -3.11. The predicted octanol–water partition coefficient (Wildman–Crippen LogP) is 5.37. The molecule has 1 aliphatic heterocycles. The molecule has 1 unspecified atom stereocenters. The van der Waals surface area contributed by atoms with Crippen molar-refractivity contribution in [2.24, 2.45) is 0 Å². The molecule has 4 nitrogen and oxygen atoms in total. The van der Waals surface area contributed by atoms with E-state index in [0.29, 0.717) is 6.04 Å². The molecular formula is C24H23N3O. The normalized spacial score (nSPS) is 17.4. The van der Waals surface area contributed by atoms with Gasteiger partial charge < -0.3 is 10.1 Å². The fourth-order valence-corrected chi connectivity index (χ4v) is 4.33. The highest BCUT2D eigenvalue weighted by molar-refractivity contribution is 6.04. The zero-order valence-corrected chi connectivity index (χ0v) is 15.9. The molecule has 5 rings (SSSR count). The van der Waals surface area contributed by atoms with E-state index in [0.717, 1.165) is 41.2 Å². The molecule has 4 heteroatoms. The largest absolute Gasteiger partial charge is 0.508 e. The van der Waals surface area contributed by atoms with Crippen LogP contribution in [0, 0.1) is 0 Å². The molecule has 28 heavy (non-hydrogen) atoms. The molecule has 2 heterocycles. The molecule has 0 amide bonds. The number of hydrogen-bond acceptors (Lipinski definition) is 3. The average Bonchev–Trinajstić information content (AvgIpc) is 3.37. The van der Waals surface area contributed by atoms with E-state index >= 15 is 0 Å². The first-order valence-electron chi connectivity index (χ1n) is 9.77. The third-order valence-corrected chi connectivity index (χ3v) is 5.82. The minimum absolute atomic E-state index is 0.284. The van der Waals surface area contributed by atoms with Crippen molar-refractivity contribution in [2.75, 3.05) is 13.6 Å². The molecular weight excluding hydrogens is 346 g/mol. The number of rotatable bonds is 3. The number of aromatic hydroxyl groups is 1. The molecule has 0 radical (unpaired) electrons. The van der Waals surface area contributed by atoms with Gasteiger partial charge in [-0.3, -0.25) is 4.90 Å². The Kier molecular flexibility index (Phi) is 4.14. The minimum atomic E-state index is 0.284. The maximum Gasteiger partial charge on any atom is 0.123 e. The standard InChI is InChI=1S/C24H23N3O/c1-27-14-4-7-23(27)24-25-15-22(26-24)21-13-12-18(16-8-10-17(28)11-9-16)19-5-2-3-6-20(19)21/h2-3,5-6,8-13,15,23,28H,4,7,14H2,1H3,(H,25,26). The summed E-state index contributed by atoms with van der Waals surface area (Å²) in [6, 6.07) is 20.6. The number of fused-ring (bicyclic) bond motifs is 1. The lowest BCUT2D eigenvalue weighted by Crippen LogP contribution is -2.18. The summed E-state index contributed by atoms with van der Waals surface area (Å²) in [7, 11) is 2.17. The number of likely N-dealkylation sites (tertiary alicyclic amines) is 1. The van der Waals surface area contributed by atoms with Crippen LogP contribution in [-0.2, 0) is 0 Å². The molecule has 1 aliphatic rings. The van der Waals surface area contributed by atoms with Crippen molar-refractivity contribution in [1.82, 2.24) is 14.9 Å². The molecule has 0 spiro atoms. The fourth-order valence-electron chi connectivity index (χ4n) is 4.33. The average molecular weight is 369 g/mol. The van der Waals surface area contributed by atoms with Gasteiger partial charge in [0.2, 0.25) is 0 Å². The number of benzene rings is 3. The minimum Gasteiger partial charge on any atom is -0.508 e. The SMILES string of the molecule is CN1CCCC1c1ncc(-c2ccc(-c3ccc(O)cc3)c3ccccc23)[nH]1. The van der Waals surface area contributed by atoms with Gasteiger partial charge in [-0.15, -0.1) is 0 Å². The van der Waals surface area contributed by atoms with Crippen molar-refractivity contribution in [2.45, 2.75) is 18.9 Å². The first-order chi connectivity index (χ1) is 13.7. The molecule has 0 bridgehead atoms. The Balaban J connectivity index is 1.61. The number of imidazole rings is 1. The van der Waals surface area contributed by atoms with Gasteiger partial charge in [-0.05, 0) is 60.5 Å². The Morgan fingerprint density at radius 3 is 2.39 bits per heavy atom. The van der Waals surface area contributed by atoms with Gasteiger partial charge in [0.05, 0.1) is 17.9 Å². The number of hydrogen-bond donors (Lipinski definition) is 2. The molecule has 1 fully saturated rings. The third kappa shape index (κ3) is 2.86. The Morgan fingerprint density at radius 1 is 0.964 bits per heavy atom. The van der Waals surface area contributed by atoms with Gasteiger partial charge in [-0.2, -0.15) is 0 Å². The molecule has 0 aliphatic carbocycles. The summed E-state index contributed by atoms with van der Waals surface area (Å²) in [5, 5.41) is 12.0. The second kappa shape index (κ2) is 6.80. The van der Waals surface area contributed by atoms with Crippen LogP contribution >= 0.6 is 0 Å². The Labute approximate surface area is 164 Å². The van der Waals surface area contributed by atoms with Crippen LogP contribution in [0.3, 0.4) is 0 Å². The second-order valence-corrected chi connectivity index (χ2v) is 7.57. The highest BCUT2D eigenvalue weighted by atomic mass is 16.3. The van der Waals surface area contributed by atoms with Crippen LogP contribution in [0.25, 0.3) is 33.2 Å². The lowest BCUT2D eigenvalue weighted by atomic mass is 9.94. The van der Waals surface area contributed by atoms with E-state index in [2.05, 4.69) is 53.3 Å². The molecule has 1 atom stereocenters. The van der Waals surface area contributed by atoms with Crippen molar-refractivity contribution in [1.29, 1.82) is 0 Å². The van der Waals surface area contributed by atoms with Crippen LogP contribution in [0.4, 0.5) is 0 Å². The molecule has 140 valence electrons. The zero-order chi connectivity index (χ0) is 19.1. The Morgan fingerprint density at radius 2 is 1.68 bits per heavy atom. The number of phenols is 1. The van der Waals surface area contributed by atoms with E-state index in [-0.39, 0.29) is 5.75 Å². The monoisotopic (exact) mass is 369 g/mol. The van der Waals surface area contributed by atoms with Crippen molar-refractivity contribution in [3.63, 3.8) is 0 Å². The second-order valence-electron chi connectivity index (χ2n) is 7.57. The van der Waals surface area contributed by atoms with Crippen molar-refractivity contribution in [3.05, 3.63) is 72.7 Å². The summed E-state index contributed by atoms with van der Waals surface area (Å²) in [6.45, 7) is 1.13. The lowest BCUT2D eigenvalue weighted by Gasteiger charge is -2.16. The summed E-state index contributed by atoms with van der Waals surface area (Å²) in [5.74, 6) is 1.34. The molecule has 1 saturated heterocycles. The topological polar surface area (TPSA) is 52.1 Å². The van der Waals surface area contributed by atoms with Crippen molar-refractivity contribution < 1.29 is 5.11 Å². The van der Waals surface area contributed by atoms with Crippen LogP contribution in [-0.4, -0.2) is 33.6 Å². The molecule has 0 saturated carbocycles. The summed E-state index contributed by atoms with van der Waals surface area (Å²) < 4.78 is 0. The number of phenolic OH excluding ortho intramolecular Hbond substituents is 1. The summed E-state index contributed by atoms with van der Waals surface area (Å²) in [6.07, 6.45) is 4.34. The van der Waals surface area contributed by atoms with Crippen molar-refractivity contribution in [3.8, 4) is 28.1 Å². The van der Waals surface area contributed by atoms with E-state index < -0.39 is 0 Å². The van der Waals surface area contributed by atoms with Crippen LogP contribution in [0.2, 0.25) is 0 Å². The van der Waals surface area contributed by atoms with Crippen LogP contribution in [0.15, 0.2) is 66.9 Å². The number of aromatic amines is 1. The van der Waals surface area contributed by atoms with Crippen molar-refractivity contribution >= 4 is 10.8 Å². The summed E-state index contributed by atoms with van der Waals surface area (Å²) in [5.41, 5.74) is 4.48. The van der Waals surface area contributed by atoms with E-state index in [1.54, 1.807) is 12.1 Å². The predicted molar refractivity (Wildman–Crippen MR) is 113 cm³/mol. The van der Waals surface area contributed by atoms with Crippen LogP contribution in [0.5, 0.6) is 5.75 Å². The highest BCUT2D eigenvalue weighted by Crippen LogP contribution is 2.36. The molecule has 2 N–H and O–H groups in total. The summed E-state index contributed by atoms with van der Waals surface area (Å²) >= 11 is 0. The Bertz CT molecular complexity index is 1130. The quantitative estimate of drug-likeness (QED) is 0.510. The van der Waals surface area contributed by atoms with Gasteiger partial charge in [0.25, 0.3) is 0 Å². The molecule has 4 aromatic rings. The van der Waals surface area contributed by atoms with Crippen LogP contribution < -0.4 is 0 Å². The maximum atomic E-state index is 9.61. The maximum absolute atomic E-state index is 9.61. The van der Waals surface area contributed by atoms with Gasteiger partial charge in [-0.1, -0.05) is 48.5 Å². The summed E-state index contributed by atoms with van der Waals surface area (Å²) in [4.78, 5) is 10.6. The van der Waals surface area contributed by atoms with Gasteiger partial charge in [0.1, 0.15) is 11.6 Å². The molecule has 3 aromatic carbocycles. The first-order valence-corrected chi connectivity index (χ1v) is 9.77. The number of aromatic nitrogens is 2. The first kappa shape index (κ1) is 17.0. The third-order valence-electron chi connectivity index (χ3n) is 5.82. The smallest absolute Gasteiger partial charge is 0.123 e. The number of nitrogens with zero attached hydrogens (tertiary/aromatic N) is 2.